The molecule has 1 rings (SSSR count). The number of rotatable bonds is 4. The van der Waals surface area contributed by atoms with E-state index >= 15 is 0 Å². The molecular weight excluding hydrogens is 200 g/mol. The van der Waals surface area contributed by atoms with E-state index in [4.69, 9.17) is 4.74 Å². The average molecular weight is 218 g/mol. The van der Waals surface area contributed by atoms with Crippen LogP contribution in [-0.4, -0.2) is 12.2 Å². The number of benzene rings is 1. The van der Waals surface area contributed by atoms with Crippen LogP contribution in [0.25, 0.3) is 0 Å². The van der Waals surface area contributed by atoms with Crippen LogP contribution in [0, 0.1) is 11.8 Å². The van der Waals surface area contributed by atoms with E-state index in [0.717, 1.165) is 11.3 Å². The van der Waals surface area contributed by atoms with Crippen LogP contribution < -0.4 is 4.74 Å². The average Bonchev–Trinajstić information content (AvgIpc) is 2.29. The lowest BCUT2D eigenvalue weighted by molar-refractivity contribution is 0.0491. The molecule has 1 unspecified atom stereocenters. The lowest BCUT2D eigenvalue weighted by Crippen LogP contribution is -2.20. The summed E-state index contributed by atoms with van der Waals surface area (Å²) in [6, 6.07) is 7.51. The maximum Gasteiger partial charge on any atom is 0.119 e. The molecule has 1 atom stereocenters. The molecule has 0 saturated carbocycles. The van der Waals surface area contributed by atoms with Crippen LogP contribution in [0.2, 0.25) is 0 Å². The van der Waals surface area contributed by atoms with Crippen LogP contribution in [0.1, 0.15) is 32.3 Å². The molecule has 0 aromatic heterocycles. The van der Waals surface area contributed by atoms with Gasteiger partial charge in [-0.15, -0.1) is 11.8 Å². The molecule has 16 heavy (non-hydrogen) atoms. The van der Waals surface area contributed by atoms with Gasteiger partial charge in [0.05, 0.1) is 12.7 Å². The normalized spacial score (nSPS) is 13.5. The minimum absolute atomic E-state index is 0.626. The van der Waals surface area contributed by atoms with Gasteiger partial charge >= 0.3 is 0 Å². The van der Waals surface area contributed by atoms with Crippen LogP contribution in [0.3, 0.4) is 0 Å². The highest BCUT2D eigenvalue weighted by Gasteiger charge is 2.22. The van der Waals surface area contributed by atoms with Crippen LogP contribution in [0.5, 0.6) is 5.75 Å². The summed E-state index contributed by atoms with van der Waals surface area (Å²) in [7, 11) is 1.62. The zero-order chi connectivity index (χ0) is 12.0. The second-order valence-corrected chi connectivity index (χ2v) is 3.93. The van der Waals surface area contributed by atoms with E-state index < -0.39 is 5.60 Å². The van der Waals surface area contributed by atoms with Crippen LogP contribution in [0.15, 0.2) is 24.3 Å². The highest BCUT2D eigenvalue weighted by Crippen LogP contribution is 2.28. The molecule has 1 N–H and O–H groups in total. The number of hydrogen-bond acceptors (Lipinski definition) is 2. The summed E-state index contributed by atoms with van der Waals surface area (Å²) < 4.78 is 5.14. The monoisotopic (exact) mass is 218 g/mol. The number of ether oxygens (including phenoxy) is 1. The van der Waals surface area contributed by atoms with E-state index in [0.29, 0.717) is 12.8 Å². The quantitative estimate of drug-likeness (QED) is 0.787. The number of methoxy groups -OCH3 is 1. The standard InChI is InChI=1S/C14H18O2/c1-4-5-6-10-14(2,15)12-8-7-9-13(11-12)16-3/h7-9,11,15H,6,10H2,1-3H3. The van der Waals surface area contributed by atoms with Crippen molar-refractivity contribution in [1.82, 2.24) is 0 Å². The molecule has 0 aliphatic heterocycles. The van der Waals surface area contributed by atoms with Gasteiger partial charge in [0.15, 0.2) is 0 Å². The molecule has 86 valence electrons. The third kappa shape index (κ3) is 3.29. The van der Waals surface area contributed by atoms with Gasteiger partial charge in [-0.1, -0.05) is 12.1 Å². The van der Waals surface area contributed by atoms with Crippen molar-refractivity contribution in [2.45, 2.75) is 32.3 Å². The zero-order valence-corrected chi connectivity index (χ0v) is 10.1. The molecule has 0 aliphatic rings. The SMILES string of the molecule is CC#CCCC(C)(O)c1cccc(OC)c1. The maximum absolute atomic E-state index is 10.3. The second kappa shape index (κ2) is 5.58. The Morgan fingerprint density at radius 3 is 2.81 bits per heavy atom. The topological polar surface area (TPSA) is 29.5 Å². The van der Waals surface area contributed by atoms with Crippen molar-refractivity contribution in [3.63, 3.8) is 0 Å². The molecule has 1 aromatic rings. The van der Waals surface area contributed by atoms with Crippen LogP contribution in [0.4, 0.5) is 0 Å². The van der Waals surface area contributed by atoms with Gasteiger partial charge in [0.25, 0.3) is 0 Å². The number of aliphatic hydroxyl groups is 1. The molecule has 2 nitrogen and oxygen atoms in total. The summed E-state index contributed by atoms with van der Waals surface area (Å²) in [5.74, 6) is 6.55. The molecule has 0 saturated heterocycles. The van der Waals surface area contributed by atoms with Crippen molar-refractivity contribution in [3.05, 3.63) is 29.8 Å². The second-order valence-electron chi connectivity index (χ2n) is 3.93. The fourth-order valence-corrected chi connectivity index (χ4v) is 1.53. The van der Waals surface area contributed by atoms with Gasteiger partial charge in [0.2, 0.25) is 0 Å². The fraction of sp³-hybridized carbons (Fsp3) is 0.429. The molecule has 0 heterocycles. The Bertz CT molecular complexity index is 397. The molecule has 0 aliphatic carbocycles. The molecular formula is C14H18O2. The van der Waals surface area contributed by atoms with Crippen molar-refractivity contribution in [3.8, 4) is 17.6 Å². The smallest absolute Gasteiger partial charge is 0.119 e. The largest absolute Gasteiger partial charge is 0.497 e. The lowest BCUT2D eigenvalue weighted by atomic mass is 9.91. The van der Waals surface area contributed by atoms with E-state index in [1.807, 2.05) is 24.3 Å². The lowest BCUT2D eigenvalue weighted by Gasteiger charge is -2.23. The third-order valence-electron chi connectivity index (χ3n) is 2.61. The van der Waals surface area contributed by atoms with Gasteiger partial charge in [-0.05, 0) is 38.0 Å². The van der Waals surface area contributed by atoms with E-state index in [2.05, 4.69) is 11.8 Å². The minimum Gasteiger partial charge on any atom is -0.497 e. The van der Waals surface area contributed by atoms with E-state index in [9.17, 15) is 5.11 Å². The van der Waals surface area contributed by atoms with Crippen molar-refractivity contribution in [2.24, 2.45) is 0 Å². The Kier molecular flexibility index (Phi) is 4.39. The van der Waals surface area contributed by atoms with Gasteiger partial charge in [-0.2, -0.15) is 0 Å². The van der Waals surface area contributed by atoms with Crippen molar-refractivity contribution in [2.75, 3.05) is 7.11 Å². The summed E-state index contributed by atoms with van der Waals surface area (Å²) in [6.07, 6.45) is 1.32. The summed E-state index contributed by atoms with van der Waals surface area (Å²) in [4.78, 5) is 0. The van der Waals surface area contributed by atoms with Gasteiger partial charge < -0.3 is 9.84 Å². The zero-order valence-electron chi connectivity index (χ0n) is 10.1. The van der Waals surface area contributed by atoms with Gasteiger partial charge in [-0.25, -0.2) is 0 Å². The Hall–Kier alpha value is -1.46. The number of hydrogen-bond donors (Lipinski definition) is 1. The van der Waals surface area contributed by atoms with Crippen molar-refractivity contribution < 1.29 is 9.84 Å². The van der Waals surface area contributed by atoms with E-state index in [-0.39, 0.29) is 0 Å². The Labute approximate surface area is 97.3 Å². The highest BCUT2D eigenvalue weighted by atomic mass is 16.5. The van der Waals surface area contributed by atoms with E-state index in [1.165, 1.54) is 0 Å². The molecule has 0 bridgehead atoms. The Morgan fingerprint density at radius 2 is 2.19 bits per heavy atom. The fourth-order valence-electron chi connectivity index (χ4n) is 1.53. The summed E-state index contributed by atoms with van der Waals surface area (Å²) in [5.41, 5.74) is 0.0167. The predicted octanol–water partition coefficient (Wildman–Crippen LogP) is 2.71. The molecule has 0 amide bonds. The summed E-state index contributed by atoms with van der Waals surface area (Å²) >= 11 is 0. The minimum atomic E-state index is -0.849. The Balaban J connectivity index is 2.82. The molecule has 0 spiro atoms. The first-order valence-electron chi connectivity index (χ1n) is 5.36. The Morgan fingerprint density at radius 1 is 1.44 bits per heavy atom. The first-order valence-corrected chi connectivity index (χ1v) is 5.36. The highest BCUT2D eigenvalue weighted by molar-refractivity contribution is 5.32. The first kappa shape index (κ1) is 12.6. The maximum atomic E-state index is 10.3. The van der Waals surface area contributed by atoms with Crippen molar-refractivity contribution in [1.29, 1.82) is 0 Å². The predicted molar refractivity (Wildman–Crippen MR) is 65.2 cm³/mol. The van der Waals surface area contributed by atoms with Crippen LogP contribution in [-0.2, 0) is 5.60 Å². The summed E-state index contributed by atoms with van der Waals surface area (Å²) in [5, 5.41) is 10.3. The molecule has 0 radical (unpaired) electrons. The molecule has 2 heteroatoms. The van der Waals surface area contributed by atoms with Gasteiger partial charge in [-0.3, -0.25) is 0 Å². The van der Waals surface area contributed by atoms with E-state index in [1.54, 1.807) is 21.0 Å². The first-order chi connectivity index (χ1) is 7.60. The van der Waals surface area contributed by atoms with Crippen LogP contribution >= 0.6 is 0 Å². The molecule has 1 aromatic carbocycles. The van der Waals surface area contributed by atoms with Gasteiger partial charge in [0.1, 0.15) is 5.75 Å². The van der Waals surface area contributed by atoms with Gasteiger partial charge in [0, 0.05) is 6.42 Å². The van der Waals surface area contributed by atoms with Crippen molar-refractivity contribution >= 4 is 0 Å². The third-order valence-corrected chi connectivity index (χ3v) is 2.61. The summed E-state index contributed by atoms with van der Waals surface area (Å²) in [6.45, 7) is 3.61. The molecule has 0 fully saturated rings.